The maximum absolute atomic E-state index is 4.11. The van der Waals surface area contributed by atoms with E-state index in [4.69, 9.17) is 0 Å². The lowest BCUT2D eigenvalue weighted by molar-refractivity contribution is 0.531. The van der Waals surface area contributed by atoms with Crippen molar-refractivity contribution >= 4 is 23.1 Å². The molecule has 0 saturated carbocycles. The maximum Gasteiger partial charge on any atom is 0.174 e. The Bertz CT molecular complexity index is 268. The van der Waals surface area contributed by atoms with Crippen LogP contribution in [-0.2, 0) is 0 Å². The lowest BCUT2D eigenvalue weighted by Gasteiger charge is -2.20. The zero-order valence-corrected chi connectivity index (χ0v) is 9.25. The molecule has 72 valence electrons. The second kappa shape index (κ2) is 4.39. The van der Waals surface area contributed by atoms with Crippen molar-refractivity contribution in [1.29, 1.82) is 0 Å². The number of nitrogens with one attached hydrogen (secondary N) is 1. The molecule has 3 nitrogen and oxygen atoms in total. The predicted octanol–water partition coefficient (Wildman–Crippen LogP) is 1.69. The summed E-state index contributed by atoms with van der Waals surface area (Å²) in [5, 5.41) is 13.3. The molecule has 0 amide bonds. The Morgan fingerprint density at radius 1 is 1.54 bits per heavy atom. The maximum atomic E-state index is 4.11. The fourth-order valence-electron chi connectivity index (χ4n) is 1.39. The molecule has 0 aromatic carbocycles. The molecule has 1 saturated heterocycles. The van der Waals surface area contributed by atoms with Crippen LogP contribution in [-0.4, -0.2) is 28.5 Å². The third-order valence-electron chi connectivity index (χ3n) is 2.03. The van der Waals surface area contributed by atoms with Gasteiger partial charge in [0.1, 0.15) is 5.01 Å². The minimum absolute atomic E-state index is 0.695. The molecule has 0 radical (unpaired) electrons. The Hall–Kier alpha value is -0.130. The molecule has 1 aromatic rings. The summed E-state index contributed by atoms with van der Waals surface area (Å²) in [6.07, 6.45) is 2.59. The number of thioether (sulfide) groups is 1. The topological polar surface area (TPSA) is 37.8 Å². The molecule has 1 N–H and O–H groups in total. The van der Waals surface area contributed by atoms with Crippen LogP contribution in [0.2, 0.25) is 0 Å². The number of aryl methyl sites for hydroxylation is 1. The highest BCUT2D eigenvalue weighted by atomic mass is 32.2. The standard InChI is InChI=1S/C8H13N3S2/c1-6-10-11-8(12-6)13-7-3-2-4-9-5-7/h7,9H,2-5H2,1H3. The van der Waals surface area contributed by atoms with Crippen LogP contribution < -0.4 is 5.32 Å². The van der Waals surface area contributed by atoms with E-state index < -0.39 is 0 Å². The van der Waals surface area contributed by atoms with Gasteiger partial charge in [0, 0.05) is 11.8 Å². The summed E-state index contributed by atoms with van der Waals surface area (Å²) in [6.45, 7) is 4.29. The Morgan fingerprint density at radius 3 is 3.08 bits per heavy atom. The van der Waals surface area contributed by atoms with Gasteiger partial charge in [0.25, 0.3) is 0 Å². The van der Waals surface area contributed by atoms with E-state index in [-0.39, 0.29) is 0 Å². The highest BCUT2D eigenvalue weighted by Crippen LogP contribution is 2.29. The highest BCUT2D eigenvalue weighted by Gasteiger charge is 2.15. The SMILES string of the molecule is Cc1nnc(SC2CCCNC2)s1. The zero-order chi connectivity index (χ0) is 9.10. The smallest absolute Gasteiger partial charge is 0.174 e. The van der Waals surface area contributed by atoms with E-state index in [2.05, 4.69) is 15.5 Å². The summed E-state index contributed by atoms with van der Waals surface area (Å²) >= 11 is 3.56. The van der Waals surface area contributed by atoms with Crippen molar-refractivity contribution < 1.29 is 0 Å². The molecular weight excluding hydrogens is 202 g/mol. The van der Waals surface area contributed by atoms with Gasteiger partial charge in [-0.2, -0.15) is 0 Å². The van der Waals surface area contributed by atoms with Gasteiger partial charge in [-0.1, -0.05) is 23.1 Å². The Labute approximate surface area is 86.3 Å². The molecule has 13 heavy (non-hydrogen) atoms. The molecule has 1 unspecified atom stereocenters. The monoisotopic (exact) mass is 215 g/mol. The normalized spacial score (nSPS) is 23.3. The summed E-state index contributed by atoms with van der Waals surface area (Å²) < 4.78 is 1.12. The first-order valence-electron chi connectivity index (χ1n) is 4.52. The minimum Gasteiger partial charge on any atom is -0.316 e. The highest BCUT2D eigenvalue weighted by molar-refractivity contribution is 8.01. The molecule has 2 rings (SSSR count). The number of hydrogen-bond acceptors (Lipinski definition) is 5. The molecule has 0 aliphatic carbocycles. The predicted molar refractivity (Wildman–Crippen MR) is 56.4 cm³/mol. The van der Waals surface area contributed by atoms with E-state index in [9.17, 15) is 0 Å². The molecule has 1 aromatic heterocycles. The van der Waals surface area contributed by atoms with Crippen molar-refractivity contribution in [2.45, 2.75) is 29.4 Å². The molecule has 5 heteroatoms. The average Bonchev–Trinajstić information content (AvgIpc) is 2.53. The molecule has 0 spiro atoms. The fourth-order valence-corrected chi connectivity index (χ4v) is 3.63. The molecular formula is C8H13N3S2. The first kappa shape index (κ1) is 9.43. The first-order chi connectivity index (χ1) is 6.34. The third kappa shape index (κ3) is 2.65. The van der Waals surface area contributed by atoms with Crippen LogP contribution >= 0.6 is 23.1 Å². The number of rotatable bonds is 2. The van der Waals surface area contributed by atoms with Gasteiger partial charge in [-0.05, 0) is 26.3 Å². The number of piperidine rings is 1. The summed E-state index contributed by atoms with van der Waals surface area (Å²) in [6, 6.07) is 0. The van der Waals surface area contributed by atoms with E-state index >= 15 is 0 Å². The van der Waals surface area contributed by atoms with Crippen molar-refractivity contribution in [2.75, 3.05) is 13.1 Å². The molecule has 1 aliphatic heterocycles. The van der Waals surface area contributed by atoms with E-state index in [1.54, 1.807) is 11.3 Å². The fraction of sp³-hybridized carbons (Fsp3) is 0.750. The van der Waals surface area contributed by atoms with Crippen LogP contribution in [0.15, 0.2) is 4.34 Å². The number of hydrogen-bond donors (Lipinski definition) is 1. The Kier molecular flexibility index (Phi) is 3.18. The van der Waals surface area contributed by atoms with E-state index in [0.717, 1.165) is 15.9 Å². The molecule has 0 bridgehead atoms. The van der Waals surface area contributed by atoms with E-state index in [1.807, 2.05) is 18.7 Å². The van der Waals surface area contributed by atoms with Crippen LogP contribution in [0.5, 0.6) is 0 Å². The summed E-state index contributed by atoms with van der Waals surface area (Å²) in [4.78, 5) is 0. The van der Waals surface area contributed by atoms with Crippen molar-refractivity contribution in [1.82, 2.24) is 15.5 Å². The van der Waals surface area contributed by atoms with Crippen LogP contribution in [0.3, 0.4) is 0 Å². The second-order valence-electron chi connectivity index (χ2n) is 3.17. The number of aromatic nitrogens is 2. The summed E-state index contributed by atoms with van der Waals surface area (Å²) in [5.74, 6) is 0. The van der Waals surface area contributed by atoms with E-state index in [0.29, 0.717) is 5.25 Å². The van der Waals surface area contributed by atoms with E-state index in [1.165, 1.54) is 19.4 Å². The van der Waals surface area contributed by atoms with Crippen molar-refractivity contribution in [2.24, 2.45) is 0 Å². The Morgan fingerprint density at radius 2 is 2.46 bits per heavy atom. The Balaban J connectivity index is 1.89. The van der Waals surface area contributed by atoms with Crippen molar-refractivity contribution in [3.05, 3.63) is 5.01 Å². The van der Waals surface area contributed by atoms with Crippen LogP contribution in [0.25, 0.3) is 0 Å². The average molecular weight is 215 g/mol. The van der Waals surface area contributed by atoms with Crippen LogP contribution in [0, 0.1) is 6.92 Å². The van der Waals surface area contributed by atoms with Gasteiger partial charge in [0.05, 0.1) is 0 Å². The van der Waals surface area contributed by atoms with Gasteiger partial charge in [-0.15, -0.1) is 10.2 Å². The molecule has 1 fully saturated rings. The lowest BCUT2D eigenvalue weighted by Crippen LogP contribution is -2.31. The van der Waals surface area contributed by atoms with Gasteiger partial charge in [0.15, 0.2) is 4.34 Å². The van der Waals surface area contributed by atoms with Gasteiger partial charge < -0.3 is 5.32 Å². The largest absolute Gasteiger partial charge is 0.316 e. The molecule has 2 heterocycles. The molecule has 1 atom stereocenters. The lowest BCUT2D eigenvalue weighted by atomic mass is 10.2. The van der Waals surface area contributed by atoms with Crippen LogP contribution in [0.1, 0.15) is 17.8 Å². The van der Waals surface area contributed by atoms with Gasteiger partial charge in [-0.25, -0.2) is 0 Å². The molecule has 1 aliphatic rings. The van der Waals surface area contributed by atoms with Gasteiger partial charge in [0.2, 0.25) is 0 Å². The second-order valence-corrected chi connectivity index (χ2v) is 5.90. The minimum atomic E-state index is 0.695. The quantitative estimate of drug-likeness (QED) is 0.814. The van der Waals surface area contributed by atoms with Gasteiger partial charge in [-0.3, -0.25) is 0 Å². The summed E-state index contributed by atoms with van der Waals surface area (Å²) in [5.41, 5.74) is 0. The number of nitrogens with zero attached hydrogens (tertiary/aromatic N) is 2. The van der Waals surface area contributed by atoms with Crippen molar-refractivity contribution in [3.8, 4) is 0 Å². The first-order valence-corrected chi connectivity index (χ1v) is 6.22. The van der Waals surface area contributed by atoms with Gasteiger partial charge >= 0.3 is 0 Å². The van der Waals surface area contributed by atoms with Crippen molar-refractivity contribution in [3.63, 3.8) is 0 Å². The van der Waals surface area contributed by atoms with Crippen LogP contribution in [0.4, 0.5) is 0 Å². The zero-order valence-electron chi connectivity index (χ0n) is 7.62. The third-order valence-corrected chi connectivity index (χ3v) is 4.22. The summed E-state index contributed by atoms with van der Waals surface area (Å²) in [7, 11) is 0.